The van der Waals surface area contributed by atoms with Gasteiger partial charge in [-0.25, -0.2) is 0 Å². The average molecular weight is 234 g/mol. The molecule has 5 nitrogen and oxygen atoms in total. The Morgan fingerprint density at radius 2 is 2.24 bits per heavy atom. The van der Waals surface area contributed by atoms with Crippen LogP contribution in [0, 0.1) is 0 Å². The van der Waals surface area contributed by atoms with Crippen LogP contribution in [0.15, 0.2) is 18.5 Å². The lowest BCUT2D eigenvalue weighted by atomic mass is 10.3. The predicted octanol–water partition coefficient (Wildman–Crippen LogP) is 1.09. The van der Waals surface area contributed by atoms with Crippen molar-refractivity contribution >= 4 is 17.3 Å². The van der Waals surface area contributed by atoms with E-state index in [1.165, 1.54) is 0 Å². The molecule has 0 bridgehead atoms. The molecular formula is C12H18N4O. The van der Waals surface area contributed by atoms with Crippen LogP contribution in [-0.4, -0.2) is 35.4 Å². The van der Waals surface area contributed by atoms with Gasteiger partial charge in [0.15, 0.2) is 0 Å². The monoisotopic (exact) mass is 234 g/mol. The highest BCUT2D eigenvalue weighted by atomic mass is 16.2. The molecule has 2 rings (SSSR count). The Morgan fingerprint density at radius 1 is 1.47 bits per heavy atom. The number of amides is 1. The van der Waals surface area contributed by atoms with Crippen molar-refractivity contribution in [1.29, 1.82) is 0 Å². The molecule has 2 heterocycles. The molecule has 1 saturated heterocycles. The second-order valence-corrected chi connectivity index (χ2v) is 4.23. The lowest BCUT2D eigenvalue weighted by Gasteiger charge is -2.15. The highest BCUT2D eigenvalue weighted by Crippen LogP contribution is 2.15. The minimum absolute atomic E-state index is 0.225. The Hall–Kier alpha value is -1.78. The van der Waals surface area contributed by atoms with Crippen LogP contribution in [0.3, 0.4) is 0 Å². The van der Waals surface area contributed by atoms with Gasteiger partial charge in [-0.2, -0.15) is 0 Å². The highest BCUT2D eigenvalue weighted by Gasteiger charge is 2.16. The first-order valence-corrected chi connectivity index (χ1v) is 5.98. The van der Waals surface area contributed by atoms with Gasteiger partial charge >= 0.3 is 0 Å². The van der Waals surface area contributed by atoms with Gasteiger partial charge in [0, 0.05) is 32.3 Å². The molecule has 1 aromatic heterocycles. The summed E-state index contributed by atoms with van der Waals surface area (Å²) in [6, 6.07) is 1.82. The van der Waals surface area contributed by atoms with Crippen LogP contribution in [0.1, 0.15) is 19.3 Å². The molecule has 3 N–H and O–H groups in total. The maximum absolute atomic E-state index is 11.8. The molecule has 1 aromatic rings. The fraction of sp³-hybridized carbons (Fsp3) is 0.500. The molecule has 0 atom stereocenters. The number of carbonyl (C=O) groups is 1. The third kappa shape index (κ3) is 3.09. The number of carbonyl (C=O) groups excluding carboxylic acids is 1. The highest BCUT2D eigenvalue weighted by molar-refractivity contribution is 5.77. The Balaban J connectivity index is 1.76. The van der Waals surface area contributed by atoms with Gasteiger partial charge in [0.05, 0.1) is 17.6 Å². The van der Waals surface area contributed by atoms with Gasteiger partial charge in [-0.05, 0) is 18.9 Å². The van der Waals surface area contributed by atoms with Crippen LogP contribution in [-0.2, 0) is 4.79 Å². The normalized spacial score (nSPS) is 14.9. The Labute approximate surface area is 101 Å². The largest absolute Gasteiger partial charge is 0.396 e. The first kappa shape index (κ1) is 11.7. The third-order valence-electron chi connectivity index (χ3n) is 2.96. The predicted molar refractivity (Wildman–Crippen MR) is 67.6 cm³/mol. The molecule has 0 saturated carbocycles. The van der Waals surface area contributed by atoms with E-state index in [9.17, 15) is 4.79 Å². The summed E-state index contributed by atoms with van der Waals surface area (Å²) in [5, 5.41) is 3.15. The summed E-state index contributed by atoms with van der Waals surface area (Å²) in [5.41, 5.74) is 7.19. The minimum Gasteiger partial charge on any atom is -0.396 e. The first-order valence-electron chi connectivity index (χ1n) is 5.98. The summed E-state index contributed by atoms with van der Waals surface area (Å²) in [5.74, 6) is 0.225. The van der Waals surface area contributed by atoms with Gasteiger partial charge < -0.3 is 16.0 Å². The van der Waals surface area contributed by atoms with Crippen LogP contribution in [0.25, 0.3) is 0 Å². The van der Waals surface area contributed by atoms with E-state index >= 15 is 0 Å². The fourth-order valence-electron chi connectivity index (χ4n) is 2.00. The smallest absolute Gasteiger partial charge is 0.224 e. The Morgan fingerprint density at radius 3 is 2.94 bits per heavy atom. The van der Waals surface area contributed by atoms with E-state index in [1.54, 1.807) is 12.4 Å². The van der Waals surface area contributed by atoms with E-state index in [2.05, 4.69) is 10.3 Å². The maximum Gasteiger partial charge on any atom is 0.224 e. The van der Waals surface area contributed by atoms with E-state index < -0.39 is 0 Å². The van der Waals surface area contributed by atoms with Crippen molar-refractivity contribution in [1.82, 2.24) is 9.88 Å². The second-order valence-electron chi connectivity index (χ2n) is 4.23. The zero-order valence-electron chi connectivity index (χ0n) is 9.85. The van der Waals surface area contributed by atoms with Gasteiger partial charge in [-0.15, -0.1) is 0 Å². The number of aromatic nitrogens is 1. The number of hydrogen-bond donors (Lipinski definition) is 2. The molecule has 17 heavy (non-hydrogen) atoms. The summed E-state index contributed by atoms with van der Waals surface area (Å²) in [6.07, 6.45) is 6.07. The maximum atomic E-state index is 11.8. The minimum atomic E-state index is 0.225. The summed E-state index contributed by atoms with van der Waals surface area (Å²) in [7, 11) is 0. The summed E-state index contributed by atoms with van der Waals surface area (Å²) in [4.78, 5) is 17.6. The van der Waals surface area contributed by atoms with E-state index in [0.29, 0.717) is 18.7 Å². The molecule has 1 aliphatic heterocycles. The van der Waals surface area contributed by atoms with E-state index in [0.717, 1.165) is 31.6 Å². The van der Waals surface area contributed by atoms with E-state index in [4.69, 9.17) is 5.73 Å². The number of nitrogen functional groups attached to an aromatic ring is 1. The second kappa shape index (κ2) is 5.52. The molecule has 0 spiro atoms. The first-order chi connectivity index (χ1) is 8.27. The third-order valence-corrected chi connectivity index (χ3v) is 2.96. The number of anilines is 2. The molecule has 0 radical (unpaired) electrons. The molecule has 5 heteroatoms. The molecule has 0 aliphatic carbocycles. The van der Waals surface area contributed by atoms with Gasteiger partial charge in [0.1, 0.15) is 0 Å². The number of pyridine rings is 1. The fourth-order valence-corrected chi connectivity index (χ4v) is 2.00. The molecule has 92 valence electrons. The number of nitrogens with one attached hydrogen (secondary N) is 1. The van der Waals surface area contributed by atoms with E-state index in [1.807, 2.05) is 11.0 Å². The van der Waals surface area contributed by atoms with Crippen molar-refractivity contribution < 1.29 is 4.79 Å². The molecule has 1 aliphatic rings. The summed E-state index contributed by atoms with van der Waals surface area (Å²) >= 11 is 0. The molecule has 1 fully saturated rings. The van der Waals surface area contributed by atoms with Crippen LogP contribution in [0.4, 0.5) is 11.4 Å². The lowest BCUT2D eigenvalue weighted by molar-refractivity contribution is -0.129. The number of likely N-dealkylation sites (tertiary alicyclic amines) is 1. The summed E-state index contributed by atoms with van der Waals surface area (Å²) in [6.45, 7) is 2.44. The van der Waals surface area contributed by atoms with Crippen molar-refractivity contribution in [2.45, 2.75) is 19.3 Å². The molecule has 0 unspecified atom stereocenters. The zero-order chi connectivity index (χ0) is 12.1. The number of nitrogens with two attached hydrogens (primary N) is 1. The molecule has 0 aromatic carbocycles. The quantitative estimate of drug-likeness (QED) is 0.818. The zero-order valence-corrected chi connectivity index (χ0v) is 9.85. The number of hydrogen-bond acceptors (Lipinski definition) is 4. The van der Waals surface area contributed by atoms with Crippen LogP contribution in [0.5, 0.6) is 0 Å². The standard InChI is InChI=1S/C12H18N4O/c13-10-9-14-5-3-11(10)15-6-4-12(17)16-7-1-2-8-16/h3,5,9H,1-2,4,6-8,13H2,(H,14,15). The topological polar surface area (TPSA) is 71.2 Å². The summed E-state index contributed by atoms with van der Waals surface area (Å²) < 4.78 is 0. The number of rotatable bonds is 4. The van der Waals surface area contributed by atoms with Crippen molar-refractivity contribution in [2.75, 3.05) is 30.7 Å². The number of nitrogens with zero attached hydrogens (tertiary/aromatic N) is 2. The lowest BCUT2D eigenvalue weighted by Crippen LogP contribution is -2.29. The van der Waals surface area contributed by atoms with E-state index in [-0.39, 0.29) is 5.91 Å². The van der Waals surface area contributed by atoms with Crippen molar-refractivity contribution in [2.24, 2.45) is 0 Å². The van der Waals surface area contributed by atoms with Gasteiger partial charge in [-0.3, -0.25) is 9.78 Å². The molecular weight excluding hydrogens is 216 g/mol. The van der Waals surface area contributed by atoms with Crippen molar-refractivity contribution in [3.05, 3.63) is 18.5 Å². The van der Waals surface area contributed by atoms with Crippen molar-refractivity contribution in [3.8, 4) is 0 Å². The van der Waals surface area contributed by atoms with Crippen LogP contribution >= 0.6 is 0 Å². The van der Waals surface area contributed by atoms with Gasteiger partial charge in [0.2, 0.25) is 5.91 Å². The van der Waals surface area contributed by atoms with Crippen LogP contribution in [0.2, 0.25) is 0 Å². The van der Waals surface area contributed by atoms with Crippen LogP contribution < -0.4 is 11.1 Å². The average Bonchev–Trinajstić information content (AvgIpc) is 2.85. The Kier molecular flexibility index (Phi) is 3.80. The van der Waals surface area contributed by atoms with Gasteiger partial charge in [-0.1, -0.05) is 0 Å². The van der Waals surface area contributed by atoms with Gasteiger partial charge in [0.25, 0.3) is 0 Å². The van der Waals surface area contributed by atoms with Crippen molar-refractivity contribution in [3.63, 3.8) is 0 Å². The molecule has 1 amide bonds. The SMILES string of the molecule is Nc1cnccc1NCCC(=O)N1CCCC1. The Bertz CT molecular complexity index is 388.